The molecule has 0 unspecified atom stereocenters. The number of hydrogen-bond acceptors (Lipinski definition) is 5. The molecular formula is C19H13F3N4OS. The lowest BCUT2D eigenvalue weighted by Gasteiger charge is -2.17. The first-order chi connectivity index (χ1) is 13.4. The zero-order valence-corrected chi connectivity index (χ0v) is 15.3. The highest BCUT2D eigenvalue weighted by Crippen LogP contribution is 2.36. The third-order valence-corrected chi connectivity index (χ3v) is 5.05. The molecule has 5 nitrogen and oxygen atoms in total. The van der Waals surface area contributed by atoms with Crippen LogP contribution < -0.4 is 10.9 Å². The van der Waals surface area contributed by atoms with Gasteiger partial charge in [0, 0.05) is 18.6 Å². The van der Waals surface area contributed by atoms with Gasteiger partial charge in [-0.25, -0.2) is 4.98 Å². The van der Waals surface area contributed by atoms with Crippen LogP contribution in [0.15, 0.2) is 59.0 Å². The lowest BCUT2D eigenvalue weighted by atomic mass is 10.1. The van der Waals surface area contributed by atoms with Crippen LogP contribution in [0.4, 0.5) is 18.9 Å². The van der Waals surface area contributed by atoms with Gasteiger partial charge >= 0.3 is 6.18 Å². The van der Waals surface area contributed by atoms with Crippen molar-refractivity contribution in [2.45, 2.75) is 6.18 Å². The van der Waals surface area contributed by atoms with Gasteiger partial charge in [0.2, 0.25) is 0 Å². The highest BCUT2D eigenvalue weighted by molar-refractivity contribution is 7.13. The minimum atomic E-state index is -4.62. The summed E-state index contributed by atoms with van der Waals surface area (Å²) < 4.78 is 41.0. The Hall–Kier alpha value is -3.20. The Balaban J connectivity index is 2.20. The molecule has 0 saturated carbocycles. The molecule has 0 spiro atoms. The van der Waals surface area contributed by atoms with E-state index in [9.17, 15) is 18.0 Å². The Morgan fingerprint density at radius 1 is 1.11 bits per heavy atom. The first-order valence-electron chi connectivity index (χ1n) is 8.21. The van der Waals surface area contributed by atoms with Gasteiger partial charge in [-0.05, 0) is 24.3 Å². The number of nitrogens with zero attached hydrogens (tertiary/aromatic N) is 3. The molecule has 0 amide bonds. The minimum absolute atomic E-state index is 0.0661. The maximum Gasteiger partial charge on any atom is 0.433 e. The number of benzene rings is 1. The largest absolute Gasteiger partial charge is 0.433 e. The Labute approximate surface area is 161 Å². The van der Waals surface area contributed by atoms with Crippen LogP contribution in [0.2, 0.25) is 0 Å². The molecule has 1 N–H and O–H groups in total. The predicted molar refractivity (Wildman–Crippen MR) is 103 cm³/mol. The fraction of sp³-hybridized carbons (Fsp3) is 0.105. The van der Waals surface area contributed by atoms with E-state index in [1.807, 2.05) is 0 Å². The van der Waals surface area contributed by atoms with Gasteiger partial charge in [-0.3, -0.25) is 14.3 Å². The van der Waals surface area contributed by atoms with Gasteiger partial charge in [0.25, 0.3) is 5.56 Å². The summed E-state index contributed by atoms with van der Waals surface area (Å²) in [5, 5.41) is 3.35. The number of thiazole rings is 1. The summed E-state index contributed by atoms with van der Waals surface area (Å²) in [4.78, 5) is 21.8. The average Bonchev–Trinajstić information content (AvgIpc) is 3.20. The fourth-order valence-corrected chi connectivity index (χ4v) is 3.73. The van der Waals surface area contributed by atoms with Crippen LogP contribution in [0.3, 0.4) is 0 Å². The highest BCUT2D eigenvalue weighted by atomic mass is 32.1. The van der Waals surface area contributed by atoms with E-state index >= 15 is 0 Å². The number of nitrogens with one attached hydrogen (secondary N) is 1. The van der Waals surface area contributed by atoms with Gasteiger partial charge < -0.3 is 5.32 Å². The van der Waals surface area contributed by atoms with Crippen LogP contribution >= 0.6 is 11.3 Å². The molecule has 0 atom stereocenters. The van der Waals surface area contributed by atoms with Gasteiger partial charge in [0.1, 0.15) is 11.3 Å². The lowest BCUT2D eigenvalue weighted by molar-refractivity contribution is -0.141. The highest BCUT2D eigenvalue weighted by Gasteiger charge is 2.33. The third kappa shape index (κ3) is 2.93. The van der Waals surface area contributed by atoms with Crippen LogP contribution in [-0.2, 0) is 6.18 Å². The number of pyridine rings is 2. The van der Waals surface area contributed by atoms with Crippen molar-refractivity contribution < 1.29 is 13.2 Å². The number of aromatic nitrogens is 3. The molecule has 3 heterocycles. The van der Waals surface area contributed by atoms with Crippen molar-refractivity contribution in [1.29, 1.82) is 0 Å². The van der Waals surface area contributed by atoms with E-state index in [0.29, 0.717) is 27.2 Å². The zero-order valence-electron chi connectivity index (χ0n) is 14.5. The van der Waals surface area contributed by atoms with Crippen LogP contribution in [0.25, 0.3) is 27.2 Å². The summed E-state index contributed by atoms with van der Waals surface area (Å²) in [5.74, 6) is 0. The van der Waals surface area contributed by atoms with E-state index in [1.54, 1.807) is 49.1 Å². The summed E-state index contributed by atoms with van der Waals surface area (Å²) in [5.41, 5.74) is 1.17. The number of alkyl halides is 3. The second-order valence-corrected chi connectivity index (χ2v) is 6.79. The standard InChI is InChI=1S/C19H13F3N4OS/c1-23-16-12-7-8-14(19(20,21)22)25-17(12)26(11-5-3-2-4-6-11)18(27)15(16)13-9-24-10-28-13/h2-10,23H,1H3. The second kappa shape index (κ2) is 6.75. The van der Waals surface area contributed by atoms with E-state index in [1.165, 1.54) is 22.0 Å². The number of anilines is 1. The number of para-hydroxylation sites is 1. The zero-order chi connectivity index (χ0) is 19.9. The maximum atomic E-state index is 13.4. The van der Waals surface area contributed by atoms with E-state index < -0.39 is 17.4 Å². The molecule has 1 aromatic carbocycles. The lowest BCUT2D eigenvalue weighted by Crippen LogP contribution is -2.23. The summed E-state index contributed by atoms with van der Waals surface area (Å²) in [6, 6.07) is 10.7. The average molecular weight is 402 g/mol. The van der Waals surface area contributed by atoms with Crippen molar-refractivity contribution in [2.75, 3.05) is 12.4 Å². The Kier molecular flexibility index (Phi) is 4.38. The van der Waals surface area contributed by atoms with Crippen molar-refractivity contribution in [1.82, 2.24) is 14.5 Å². The van der Waals surface area contributed by atoms with E-state index in [2.05, 4.69) is 15.3 Å². The molecule has 9 heteroatoms. The molecular weight excluding hydrogens is 389 g/mol. The Bertz CT molecular complexity index is 1200. The van der Waals surface area contributed by atoms with E-state index in [4.69, 9.17) is 0 Å². The monoisotopic (exact) mass is 402 g/mol. The quantitative estimate of drug-likeness (QED) is 0.545. The maximum absolute atomic E-state index is 13.4. The molecule has 0 bridgehead atoms. The Morgan fingerprint density at radius 3 is 2.46 bits per heavy atom. The smallest absolute Gasteiger partial charge is 0.387 e. The molecule has 142 valence electrons. The van der Waals surface area contributed by atoms with Crippen LogP contribution in [0.1, 0.15) is 5.69 Å². The molecule has 0 aliphatic carbocycles. The van der Waals surface area contributed by atoms with Gasteiger partial charge in [-0.15, -0.1) is 11.3 Å². The topological polar surface area (TPSA) is 59.8 Å². The SMILES string of the molecule is CNc1c(-c2cncs2)c(=O)n(-c2ccccc2)c2nc(C(F)(F)F)ccc12. The van der Waals surface area contributed by atoms with E-state index in [0.717, 1.165) is 6.07 Å². The summed E-state index contributed by atoms with van der Waals surface area (Å²) in [6.07, 6.45) is -3.07. The number of fused-ring (bicyclic) bond motifs is 1. The molecule has 0 aliphatic rings. The van der Waals surface area contributed by atoms with Gasteiger partial charge in [0.05, 0.1) is 27.3 Å². The molecule has 0 radical (unpaired) electrons. The van der Waals surface area contributed by atoms with E-state index in [-0.39, 0.29) is 5.65 Å². The molecule has 28 heavy (non-hydrogen) atoms. The van der Waals surface area contributed by atoms with Crippen molar-refractivity contribution in [3.05, 3.63) is 70.2 Å². The molecule has 4 rings (SSSR count). The van der Waals surface area contributed by atoms with Gasteiger partial charge in [-0.1, -0.05) is 18.2 Å². The first-order valence-corrected chi connectivity index (χ1v) is 9.09. The van der Waals surface area contributed by atoms with Crippen LogP contribution in [0.5, 0.6) is 0 Å². The molecule has 0 aliphatic heterocycles. The summed E-state index contributed by atoms with van der Waals surface area (Å²) in [6.45, 7) is 0. The predicted octanol–water partition coefficient (Wildman–Crippen LogP) is 4.57. The van der Waals surface area contributed by atoms with Crippen LogP contribution in [-0.4, -0.2) is 21.6 Å². The van der Waals surface area contributed by atoms with Crippen molar-refractivity contribution in [2.24, 2.45) is 0 Å². The second-order valence-electron chi connectivity index (χ2n) is 5.91. The van der Waals surface area contributed by atoms with Gasteiger partial charge in [-0.2, -0.15) is 13.2 Å². The molecule has 3 aromatic heterocycles. The number of rotatable bonds is 3. The fourth-order valence-electron chi connectivity index (χ4n) is 3.07. The number of hydrogen-bond donors (Lipinski definition) is 1. The summed E-state index contributed by atoms with van der Waals surface area (Å²) in [7, 11) is 1.61. The molecule has 0 fully saturated rings. The normalized spacial score (nSPS) is 11.7. The molecule has 0 saturated heterocycles. The molecule has 4 aromatic rings. The third-order valence-electron chi connectivity index (χ3n) is 4.26. The van der Waals surface area contributed by atoms with Gasteiger partial charge in [0.15, 0.2) is 0 Å². The summed E-state index contributed by atoms with van der Waals surface area (Å²) >= 11 is 1.27. The first kappa shape index (κ1) is 18.2. The minimum Gasteiger partial charge on any atom is -0.387 e. The van der Waals surface area contributed by atoms with Crippen molar-refractivity contribution in [3.63, 3.8) is 0 Å². The van der Waals surface area contributed by atoms with Crippen molar-refractivity contribution in [3.8, 4) is 16.1 Å². The number of halogens is 3. The van der Waals surface area contributed by atoms with Crippen LogP contribution in [0, 0.1) is 0 Å². The van der Waals surface area contributed by atoms with Crippen molar-refractivity contribution >= 4 is 28.1 Å². The Morgan fingerprint density at radius 2 is 1.86 bits per heavy atom.